The summed E-state index contributed by atoms with van der Waals surface area (Å²) in [7, 11) is 2.18. The minimum Gasteiger partial charge on any atom is -0.315 e. The molecule has 0 aromatic carbocycles. The van der Waals surface area contributed by atoms with E-state index in [2.05, 4.69) is 17.3 Å². The topological polar surface area (TPSA) is 15.3 Å². The first kappa shape index (κ1) is 14.8. The van der Waals surface area contributed by atoms with E-state index in [1.54, 1.807) is 0 Å². The lowest BCUT2D eigenvalue weighted by atomic mass is 9.76. The third kappa shape index (κ3) is 3.39. The van der Waals surface area contributed by atoms with Crippen molar-refractivity contribution in [3.8, 4) is 0 Å². The van der Waals surface area contributed by atoms with Crippen molar-refractivity contribution in [2.75, 3.05) is 26.7 Å². The van der Waals surface area contributed by atoms with Gasteiger partial charge in [0.2, 0.25) is 0 Å². The van der Waals surface area contributed by atoms with Crippen LogP contribution in [0.15, 0.2) is 0 Å². The maximum Gasteiger partial charge on any atom is 0.0220 e. The Bertz CT molecular complexity index is 280. The fraction of sp³-hybridized carbons (Fsp3) is 1.00. The van der Waals surface area contributed by atoms with Gasteiger partial charge in [0, 0.05) is 12.6 Å². The predicted molar refractivity (Wildman–Crippen MR) is 86.0 cm³/mol. The van der Waals surface area contributed by atoms with E-state index in [0.717, 1.165) is 17.4 Å². The van der Waals surface area contributed by atoms with Crippen molar-refractivity contribution in [2.24, 2.45) is 11.3 Å². The van der Waals surface area contributed by atoms with Gasteiger partial charge in [-0.15, -0.1) is 0 Å². The number of hydrogen-bond acceptors (Lipinski definition) is 2. The monoisotopic (exact) mass is 278 g/mol. The summed E-state index contributed by atoms with van der Waals surface area (Å²) in [6.45, 7) is 4.03. The Labute approximate surface area is 125 Å². The maximum atomic E-state index is 3.64. The van der Waals surface area contributed by atoms with Crippen LogP contribution < -0.4 is 5.32 Å². The summed E-state index contributed by atoms with van der Waals surface area (Å²) in [5.74, 6) is 0.941. The van der Waals surface area contributed by atoms with Crippen LogP contribution in [0.5, 0.6) is 0 Å². The van der Waals surface area contributed by atoms with Gasteiger partial charge in [-0.05, 0) is 70.0 Å². The maximum absolute atomic E-state index is 3.64. The zero-order chi connectivity index (χ0) is 13.8. The summed E-state index contributed by atoms with van der Waals surface area (Å²) >= 11 is 0. The molecule has 1 unspecified atom stereocenters. The summed E-state index contributed by atoms with van der Waals surface area (Å²) in [4.78, 5) is 2.76. The molecule has 2 aliphatic carbocycles. The molecule has 0 aromatic rings. The smallest absolute Gasteiger partial charge is 0.0220 e. The van der Waals surface area contributed by atoms with E-state index in [0.29, 0.717) is 0 Å². The molecule has 20 heavy (non-hydrogen) atoms. The van der Waals surface area contributed by atoms with Crippen molar-refractivity contribution in [3.05, 3.63) is 0 Å². The number of nitrogens with zero attached hydrogens (tertiary/aromatic N) is 1. The number of nitrogens with one attached hydrogen (secondary N) is 1. The number of piperidine rings is 1. The van der Waals surface area contributed by atoms with E-state index < -0.39 is 0 Å². The Balaban J connectivity index is 1.47. The van der Waals surface area contributed by atoms with E-state index in [1.807, 2.05) is 0 Å². The lowest BCUT2D eigenvalue weighted by Gasteiger charge is -2.42. The third-order valence-electron chi connectivity index (χ3n) is 6.63. The average molecular weight is 278 g/mol. The summed E-state index contributed by atoms with van der Waals surface area (Å²) < 4.78 is 0. The van der Waals surface area contributed by atoms with Crippen LogP contribution >= 0.6 is 0 Å². The second-order valence-corrected chi connectivity index (χ2v) is 7.80. The summed E-state index contributed by atoms with van der Waals surface area (Å²) in [6, 6.07) is 0.743. The Morgan fingerprint density at radius 1 is 0.950 bits per heavy atom. The molecular weight excluding hydrogens is 244 g/mol. The van der Waals surface area contributed by atoms with Crippen molar-refractivity contribution < 1.29 is 0 Å². The van der Waals surface area contributed by atoms with Gasteiger partial charge in [-0.1, -0.05) is 32.1 Å². The largest absolute Gasteiger partial charge is 0.315 e. The Morgan fingerprint density at radius 3 is 2.20 bits per heavy atom. The van der Waals surface area contributed by atoms with E-state index in [4.69, 9.17) is 0 Å². The molecule has 0 bridgehead atoms. The number of rotatable bonds is 4. The molecule has 2 saturated carbocycles. The normalized spacial score (nSPS) is 29.9. The Morgan fingerprint density at radius 2 is 1.60 bits per heavy atom. The van der Waals surface area contributed by atoms with Gasteiger partial charge in [0.15, 0.2) is 0 Å². The quantitative estimate of drug-likeness (QED) is 0.841. The molecule has 0 amide bonds. The highest BCUT2D eigenvalue weighted by molar-refractivity contribution is 4.91. The second-order valence-electron chi connectivity index (χ2n) is 7.80. The Kier molecular flexibility index (Phi) is 5.04. The molecule has 1 atom stereocenters. The van der Waals surface area contributed by atoms with Gasteiger partial charge in [0.1, 0.15) is 0 Å². The number of likely N-dealkylation sites (tertiary alicyclic amines) is 1. The molecule has 0 aromatic heterocycles. The lowest BCUT2D eigenvalue weighted by Crippen LogP contribution is -2.48. The number of likely N-dealkylation sites (N-methyl/N-ethyl adjacent to an activating group) is 1. The molecule has 3 aliphatic rings. The first-order valence-electron chi connectivity index (χ1n) is 9.21. The molecule has 116 valence electrons. The first-order valence-corrected chi connectivity index (χ1v) is 9.21. The van der Waals surface area contributed by atoms with Crippen molar-refractivity contribution in [1.82, 2.24) is 10.2 Å². The van der Waals surface area contributed by atoms with Crippen LogP contribution in [-0.2, 0) is 0 Å². The SMILES string of the molecule is CNC(CN1CCC2(CCCC2)CC1)C1CCCCC1. The van der Waals surface area contributed by atoms with Crippen LogP contribution in [0.1, 0.15) is 70.6 Å². The van der Waals surface area contributed by atoms with Gasteiger partial charge < -0.3 is 10.2 Å². The molecular formula is C18H34N2. The molecule has 0 radical (unpaired) electrons. The zero-order valence-corrected chi connectivity index (χ0v) is 13.5. The van der Waals surface area contributed by atoms with Crippen LogP contribution in [0, 0.1) is 11.3 Å². The van der Waals surface area contributed by atoms with Crippen LogP contribution in [0.2, 0.25) is 0 Å². The third-order valence-corrected chi connectivity index (χ3v) is 6.63. The minimum atomic E-state index is 0.743. The van der Waals surface area contributed by atoms with Gasteiger partial charge in [0.25, 0.3) is 0 Å². The highest BCUT2D eigenvalue weighted by Gasteiger charge is 2.37. The molecule has 3 rings (SSSR count). The summed E-state index contributed by atoms with van der Waals surface area (Å²) in [5, 5.41) is 3.64. The fourth-order valence-corrected chi connectivity index (χ4v) is 5.13. The molecule has 2 nitrogen and oxygen atoms in total. The van der Waals surface area contributed by atoms with Gasteiger partial charge in [-0.3, -0.25) is 0 Å². The van der Waals surface area contributed by atoms with Crippen molar-refractivity contribution >= 4 is 0 Å². The first-order chi connectivity index (χ1) is 9.81. The van der Waals surface area contributed by atoms with Crippen LogP contribution in [-0.4, -0.2) is 37.6 Å². The summed E-state index contributed by atoms with van der Waals surface area (Å²) in [6.07, 6.45) is 16.3. The highest BCUT2D eigenvalue weighted by Crippen LogP contribution is 2.46. The van der Waals surface area contributed by atoms with Crippen molar-refractivity contribution in [1.29, 1.82) is 0 Å². The van der Waals surface area contributed by atoms with Crippen molar-refractivity contribution in [2.45, 2.75) is 76.7 Å². The lowest BCUT2D eigenvalue weighted by molar-refractivity contribution is 0.0902. The second kappa shape index (κ2) is 6.79. The Hall–Kier alpha value is -0.0800. The molecule has 1 saturated heterocycles. The molecule has 1 spiro atoms. The van der Waals surface area contributed by atoms with E-state index in [9.17, 15) is 0 Å². The zero-order valence-electron chi connectivity index (χ0n) is 13.5. The van der Waals surface area contributed by atoms with Gasteiger partial charge >= 0.3 is 0 Å². The standard InChI is InChI=1S/C18H34N2/c1-19-17(16-7-3-2-4-8-16)15-20-13-11-18(12-14-20)9-5-6-10-18/h16-17,19H,2-15H2,1H3. The van der Waals surface area contributed by atoms with E-state index in [-0.39, 0.29) is 0 Å². The van der Waals surface area contributed by atoms with Gasteiger partial charge in [0.05, 0.1) is 0 Å². The van der Waals surface area contributed by atoms with Crippen molar-refractivity contribution in [3.63, 3.8) is 0 Å². The molecule has 3 fully saturated rings. The predicted octanol–water partition coefficient (Wildman–Crippen LogP) is 3.81. The molecule has 2 heteroatoms. The molecule has 1 N–H and O–H groups in total. The number of hydrogen-bond donors (Lipinski definition) is 1. The van der Waals surface area contributed by atoms with E-state index in [1.165, 1.54) is 90.3 Å². The van der Waals surface area contributed by atoms with Gasteiger partial charge in [-0.25, -0.2) is 0 Å². The van der Waals surface area contributed by atoms with Crippen LogP contribution in [0.3, 0.4) is 0 Å². The van der Waals surface area contributed by atoms with E-state index >= 15 is 0 Å². The fourth-order valence-electron chi connectivity index (χ4n) is 5.13. The minimum absolute atomic E-state index is 0.743. The highest BCUT2D eigenvalue weighted by atomic mass is 15.2. The average Bonchev–Trinajstić information content (AvgIpc) is 2.96. The molecule has 1 heterocycles. The molecule has 1 aliphatic heterocycles. The van der Waals surface area contributed by atoms with Crippen LogP contribution in [0.4, 0.5) is 0 Å². The van der Waals surface area contributed by atoms with Gasteiger partial charge in [-0.2, -0.15) is 0 Å². The summed E-state index contributed by atoms with van der Waals surface area (Å²) in [5.41, 5.74) is 0.774. The van der Waals surface area contributed by atoms with Crippen LogP contribution in [0.25, 0.3) is 0 Å².